The molecule has 4 aromatic rings. The number of aryl methyl sites for hydroxylation is 2. The van der Waals surface area contributed by atoms with Crippen LogP contribution in [0.25, 0.3) is 28.7 Å². The van der Waals surface area contributed by atoms with Crippen molar-refractivity contribution in [3.8, 4) is 40.2 Å². The number of benzene rings is 2. The van der Waals surface area contributed by atoms with Crippen LogP contribution in [0.2, 0.25) is 0 Å². The first kappa shape index (κ1) is 19.4. The number of aromatic nitrogens is 4. The molecule has 0 spiro atoms. The summed E-state index contributed by atoms with van der Waals surface area (Å²) in [7, 11) is 3.11. The molecule has 0 atom stereocenters. The Kier molecular flexibility index (Phi) is 5.05. The maximum absolute atomic E-state index is 12.4. The zero-order valence-corrected chi connectivity index (χ0v) is 17.0. The zero-order chi connectivity index (χ0) is 21.3. The van der Waals surface area contributed by atoms with Crippen LogP contribution in [0.5, 0.6) is 11.5 Å². The molecule has 0 unspecified atom stereocenters. The van der Waals surface area contributed by atoms with Gasteiger partial charge in [0.1, 0.15) is 0 Å². The van der Waals surface area contributed by atoms with E-state index in [9.17, 15) is 4.79 Å². The van der Waals surface area contributed by atoms with Gasteiger partial charge in [-0.15, -0.1) is 0 Å². The van der Waals surface area contributed by atoms with Crippen LogP contribution in [0.15, 0.2) is 58.0 Å². The van der Waals surface area contributed by atoms with Crippen LogP contribution in [0.4, 0.5) is 0 Å². The van der Waals surface area contributed by atoms with Gasteiger partial charge in [-0.25, -0.2) is 4.68 Å². The summed E-state index contributed by atoms with van der Waals surface area (Å²) in [5.74, 6) is 1.49. The molecule has 4 rings (SSSR count). The molecule has 8 heteroatoms. The number of nitrogens with zero attached hydrogens (tertiary/aromatic N) is 4. The lowest BCUT2D eigenvalue weighted by atomic mass is 10.1. The Morgan fingerprint density at radius 2 is 1.67 bits per heavy atom. The summed E-state index contributed by atoms with van der Waals surface area (Å²) in [5.41, 5.74) is 3.47. The molecule has 8 nitrogen and oxygen atoms in total. The summed E-state index contributed by atoms with van der Waals surface area (Å²) in [6.07, 6.45) is 1.62. The second-order valence-electron chi connectivity index (χ2n) is 6.81. The van der Waals surface area contributed by atoms with Crippen molar-refractivity contribution in [3.05, 3.63) is 70.0 Å². The largest absolute Gasteiger partial charge is 0.493 e. The molecule has 0 bridgehead atoms. The molecule has 0 fully saturated rings. The molecular weight excluding hydrogens is 384 g/mol. The van der Waals surface area contributed by atoms with Crippen LogP contribution in [0.1, 0.15) is 11.1 Å². The van der Waals surface area contributed by atoms with E-state index in [0.29, 0.717) is 22.9 Å². The lowest BCUT2D eigenvalue weighted by molar-refractivity contribution is 0.355. The molecule has 0 saturated heterocycles. The number of hydrogen-bond acceptors (Lipinski definition) is 7. The number of rotatable bonds is 5. The van der Waals surface area contributed by atoms with Crippen LogP contribution in [0, 0.1) is 13.8 Å². The maximum atomic E-state index is 12.4. The standard InChI is InChI=1S/C22H20N4O4/c1-13-9-14(2)11-16(10-13)26-8-7-17(27)20(24-26)22-23-21(25-30-22)15-5-6-18(28-3)19(12-15)29-4/h5-12H,1-4H3. The molecule has 0 N–H and O–H groups in total. The van der Waals surface area contributed by atoms with Crippen LogP contribution in [-0.4, -0.2) is 34.1 Å². The predicted octanol–water partition coefficient (Wildman–Crippen LogP) is 3.58. The molecule has 0 saturated carbocycles. The van der Waals surface area contributed by atoms with E-state index in [2.05, 4.69) is 21.3 Å². The molecule has 0 amide bonds. The highest BCUT2D eigenvalue weighted by Gasteiger charge is 2.17. The smallest absolute Gasteiger partial charge is 0.282 e. The maximum Gasteiger partial charge on any atom is 0.282 e. The van der Waals surface area contributed by atoms with Gasteiger partial charge in [0.05, 0.1) is 19.9 Å². The first-order valence-electron chi connectivity index (χ1n) is 9.23. The second-order valence-corrected chi connectivity index (χ2v) is 6.81. The fourth-order valence-corrected chi connectivity index (χ4v) is 3.19. The second kappa shape index (κ2) is 7.82. The third kappa shape index (κ3) is 3.67. The minimum absolute atomic E-state index is 0.0449. The summed E-state index contributed by atoms with van der Waals surface area (Å²) in [6.45, 7) is 4.01. The van der Waals surface area contributed by atoms with Crippen molar-refractivity contribution in [3.63, 3.8) is 0 Å². The van der Waals surface area contributed by atoms with Crippen molar-refractivity contribution in [1.29, 1.82) is 0 Å². The highest BCUT2D eigenvalue weighted by atomic mass is 16.5. The zero-order valence-electron chi connectivity index (χ0n) is 17.0. The summed E-state index contributed by atoms with van der Waals surface area (Å²) in [5, 5.41) is 8.42. The number of ether oxygens (including phenoxy) is 2. The fourth-order valence-electron chi connectivity index (χ4n) is 3.19. The van der Waals surface area contributed by atoms with E-state index in [1.165, 1.54) is 6.07 Å². The Bertz CT molecular complexity index is 1260. The van der Waals surface area contributed by atoms with E-state index in [0.717, 1.165) is 16.8 Å². The predicted molar refractivity (Wildman–Crippen MR) is 111 cm³/mol. The molecule has 0 aliphatic rings. The van der Waals surface area contributed by atoms with E-state index in [4.69, 9.17) is 14.0 Å². The monoisotopic (exact) mass is 404 g/mol. The number of methoxy groups -OCH3 is 2. The van der Waals surface area contributed by atoms with Gasteiger partial charge < -0.3 is 14.0 Å². The van der Waals surface area contributed by atoms with Crippen molar-refractivity contribution in [2.75, 3.05) is 14.2 Å². The Morgan fingerprint density at radius 3 is 2.37 bits per heavy atom. The van der Waals surface area contributed by atoms with Gasteiger partial charge in [0.15, 0.2) is 17.2 Å². The summed E-state index contributed by atoms with van der Waals surface area (Å²) in [4.78, 5) is 16.8. The van der Waals surface area contributed by atoms with Gasteiger partial charge in [0.2, 0.25) is 11.3 Å². The average molecular weight is 404 g/mol. The van der Waals surface area contributed by atoms with E-state index in [1.807, 2.05) is 26.0 Å². The van der Waals surface area contributed by atoms with Gasteiger partial charge in [-0.1, -0.05) is 11.2 Å². The summed E-state index contributed by atoms with van der Waals surface area (Å²) in [6, 6.07) is 12.7. The van der Waals surface area contributed by atoms with Gasteiger partial charge in [0, 0.05) is 17.8 Å². The van der Waals surface area contributed by atoms with E-state index in [-0.39, 0.29) is 17.0 Å². The molecule has 0 aliphatic carbocycles. The topological polar surface area (TPSA) is 92.3 Å². The van der Waals surface area contributed by atoms with E-state index in [1.54, 1.807) is 43.3 Å². The molecule has 2 aromatic heterocycles. The van der Waals surface area contributed by atoms with Crippen molar-refractivity contribution < 1.29 is 14.0 Å². The van der Waals surface area contributed by atoms with Crippen LogP contribution in [-0.2, 0) is 0 Å². The Balaban J connectivity index is 1.74. The van der Waals surface area contributed by atoms with Crippen LogP contribution < -0.4 is 14.9 Å². The minimum atomic E-state index is -0.307. The van der Waals surface area contributed by atoms with Gasteiger partial charge in [-0.3, -0.25) is 4.79 Å². The molecule has 30 heavy (non-hydrogen) atoms. The third-order valence-electron chi connectivity index (χ3n) is 4.55. The van der Waals surface area contributed by atoms with Gasteiger partial charge in [-0.2, -0.15) is 10.1 Å². The summed E-state index contributed by atoms with van der Waals surface area (Å²) < 4.78 is 17.5. The Hall–Kier alpha value is -3.94. The fraction of sp³-hybridized carbons (Fsp3) is 0.182. The quantitative estimate of drug-likeness (QED) is 0.502. The molecular formula is C22H20N4O4. The SMILES string of the molecule is COc1ccc(-c2noc(-c3nn(-c4cc(C)cc(C)c4)ccc3=O)n2)cc1OC. The lowest BCUT2D eigenvalue weighted by Gasteiger charge is -2.08. The Morgan fingerprint density at radius 1 is 0.933 bits per heavy atom. The Labute approximate surface area is 172 Å². The molecule has 0 radical (unpaired) electrons. The van der Waals surface area contributed by atoms with E-state index < -0.39 is 0 Å². The number of hydrogen-bond donors (Lipinski definition) is 0. The highest BCUT2D eigenvalue weighted by Crippen LogP contribution is 2.31. The molecule has 2 aromatic carbocycles. The lowest BCUT2D eigenvalue weighted by Crippen LogP contribution is -2.13. The van der Waals surface area contributed by atoms with Gasteiger partial charge in [0.25, 0.3) is 5.89 Å². The first-order chi connectivity index (χ1) is 14.5. The molecule has 0 aliphatic heterocycles. The van der Waals surface area contributed by atoms with Crippen molar-refractivity contribution in [2.24, 2.45) is 0 Å². The van der Waals surface area contributed by atoms with Crippen LogP contribution >= 0.6 is 0 Å². The van der Waals surface area contributed by atoms with Crippen LogP contribution in [0.3, 0.4) is 0 Å². The van der Waals surface area contributed by atoms with Crippen molar-refractivity contribution in [2.45, 2.75) is 13.8 Å². The normalized spacial score (nSPS) is 10.8. The average Bonchev–Trinajstić information content (AvgIpc) is 3.23. The molecule has 2 heterocycles. The first-order valence-corrected chi connectivity index (χ1v) is 9.23. The minimum Gasteiger partial charge on any atom is -0.493 e. The van der Waals surface area contributed by atoms with Crippen molar-refractivity contribution >= 4 is 0 Å². The highest BCUT2D eigenvalue weighted by molar-refractivity contribution is 5.62. The third-order valence-corrected chi connectivity index (χ3v) is 4.55. The van der Waals surface area contributed by atoms with Crippen molar-refractivity contribution in [1.82, 2.24) is 19.9 Å². The van der Waals surface area contributed by atoms with E-state index >= 15 is 0 Å². The summed E-state index contributed by atoms with van der Waals surface area (Å²) >= 11 is 0. The molecule has 152 valence electrons. The van der Waals surface area contributed by atoms with Gasteiger partial charge in [-0.05, 0) is 55.3 Å². The van der Waals surface area contributed by atoms with Gasteiger partial charge >= 0.3 is 0 Å².